The topological polar surface area (TPSA) is 92.1 Å². The molecular formula is C28H37N5O. The van der Waals surface area contributed by atoms with E-state index in [1.54, 1.807) is 12.3 Å². The fraction of sp³-hybridized carbons (Fsp3) is 0.571. The fourth-order valence-corrected chi connectivity index (χ4v) is 7.27. The molecular weight excluding hydrogens is 422 g/mol. The van der Waals surface area contributed by atoms with Crippen LogP contribution in [0.25, 0.3) is 0 Å². The average molecular weight is 460 g/mol. The first kappa shape index (κ1) is 22.1. The summed E-state index contributed by atoms with van der Waals surface area (Å²) in [4.78, 5) is 17.7. The van der Waals surface area contributed by atoms with Crippen LogP contribution in [0.2, 0.25) is 0 Å². The van der Waals surface area contributed by atoms with Crippen LogP contribution in [-0.4, -0.2) is 28.0 Å². The Kier molecular flexibility index (Phi) is 5.41. The van der Waals surface area contributed by atoms with Crippen molar-refractivity contribution in [3.8, 4) is 0 Å². The third kappa shape index (κ3) is 3.72. The summed E-state index contributed by atoms with van der Waals surface area (Å²) in [6, 6.07) is 11.7. The summed E-state index contributed by atoms with van der Waals surface area (Å²) < 4.78 is 0. The van der Waals surface area contributed by atoms with Crippen LogP contribution >= 0.6 is 0 Å². The normalized spacial score (nSPS) is 29.2. The molecule has 2 aromatic rings. The number of hydrogen-bond acceptors (Lipinski definition) is 5. The van der Waals surface area contributed by atoms with E-state index in [1.807, 2.05) is 24.3 Å². The summed E-state index contributed by atoms with van der Waals surface area (Å²) in [6.07, 6.45) is 17.3. The molecule has 6 rings (SSSR count). The zero-order valence-electron chi connectivity index (χ0n) is 20.0. The predicted octanol–water partition coefficient (Wildman–Crippen LogP) is 4.87. The zero-order chi connectivity index (χ0) is 23.2. The molecule has 34 heavy (non-hydrogen) atoms. The number of carbonyl (C=O) groups is 1. The number of nitrogens with one attached hydrogen (secondary N) is 3. The quantitative estimate of drug-likeness (QED) is 0.490. The number of hydrogen-bond donors (Lipinski definition) is 4. The van der Waals surface area contributed by atoms with Gasteiger partial charge < -0.3 is 16.4 Å². The van der Waals surface area contributed by atoms with E-state index >= 15 is 0 Å². The summed E-state index contributed by atoms with van der Waals surface area (Å²) >= 11 is 0. The van der Waals surface area contributed by atoms with Crippen LogP contribution in [0.4, 0.5) is 11.4 Å². The number of anilines is 2. The van der Waals surface area contributed by atoms with Gasteiger partial charge in [-0.25, -0.2) is 0 Å². The third-order valence-corrected chi connectivity index (χ3v) is 9.09. The average Bonchev–Trinajstić information content (AvgIpc) is 2.83. The van der Waals surface area contributed by atoms with Crippen LogP contribution < -0.4 is 21.7 Å². The first-order chi connectivity index (χ1) is 16.5. The second kappa shape index (κ2) is 8.35. The lowest BCUT2D eigenvalue weighted by molar-refractivity contribution is -0.0737. The van der Waals surface area contributed by atoms with Gasteiger partial charge in [0.05, 0.1) is 28.2 Å². The van der Waals surface area contributed by atoms with Gasteiger partial charge in [-0.2, -0.15) is 0 Å². The van der Waals surface area contributed by atoms with Crippen molar-refractivity contribution in [3.05, 3.63) is 53.9 Å². The van der Waals surface area contributed by atoms with Crippen LogP contribution in [0.3, 0.4) is 0 Å². The predicted molar refractivity (Wildman–Crippen MR) is 136 cm³/mol. The van der Waals surface area contributed by atoms with Crippen molar-refractivity contribution in [2.24, 2.45) is 0 Å². The lowest BCUT2D eigenvalue weighted by atomic mass is 9.56. The molecule has 2 aliphatic heterocycles. The smallest absolute Gasteiger partial charge is 0.257 e. The number of aromatic nitrogens is 1. The van der Waals surface area contributed by atoms with Gasteiger partial charge in [0.1, 0.15) is 0 Å². The number of benzene rings is 1. The van der Waals surface area contributed by atoms with E-state index < -0.39 is 0 Å². The molecule has 0 bridgehead atoms. The Hall–Kier alpha value is -2.44. The maximum absolute atomic E-state index is 12.8. The minimum Gasteiger partial charge on any atom is -0.397 e. The van der Waals surface area contributed by atoms with Gasteiger partial charge in [-0.1, -0.05) is 50.7 Å². The van der Waals surface area contributed by atoms with E-state index in [0.717, 1.165) is 12.1 Å². The summed E-state index contributed by atoms with van der Waals surface area (Å²) in [5.74, 6) is -0.181. The highest BCUT2D eigenvalue weighted by Crippen LogP contribution is 2.54. The maximum atomic E-state index is 12.8. The Morgan fingerprint density at radius 3 is 2.21 bits per heavy atom. The Morgan fingerprint density at radius 1 is 0.941 bits per heavy atom. The van der Waals surface area contributed by atoms with Crippen molar-refractivity contribution in [2.75, 3.05) is 11.1 Å². The number of rotatable bonds is 4. The van der Waals surface area contributed by atoms with E-state index in [9.17, 15) is 4.79 Å². The molecule has 4 aliphatic rings. The van der Waals surface area contributed by atoms with Crippen molar-refractivity contribution in [1.82, 2.24) is 15.6 Å². The molecule has 4 fully saturated rings. The highest BCUT2D eigenvalue weighted by molar-refractivity contribution is 6.05. The number of para-hydroxylation sites is 2. The standard InChI is InChI=1S/C28H37N5O/c29-21-9-3-4-10-22(21)31-25(34)20-11-12-23(30-18-20)28(19-27(33-28)15-7-2-8-16-27)24-17-26(32-24)13-5-1-6-14-26/h3-4,9-12,18,24,32-33H,1-2,5-8,13-17,19,29H2,(H,31,34). The van der Waals surface area contributed by atoms with Gasteiger partial charge in [0.25, 0.3) is 5.91 Å². The Morgan fingerprint density at radius 2 is 1.59 bits per heavy atom. The molecule has 2 saturated heterocycles. The highest BCUT2D eigenvalue weighted by atomic mass is 16.1. The Labute approximate surface area is 202 Å². The number of nitrogens with two attached hydrogens (primary N) is 1. The molecule has 2 aliphatic carbocycles. The number of carbonyl (C=O) groups excluding carboxylic acids is 1. The van der Waals surface area contributed by atoms with Crippen molar-refractivity contribution in [1.29, 1.82) is 0 Å². The SMILES string of the molecule is Nc1ccccc1NC(=O)c1ccc(C2(C3CC4(CCCCC4)N3)CC3(CCCCC3)N2)nc1. The van der Waals surface area contributed by atoms with Crippen molar-refractivity contribution < 1.29 is 4.79 Å². The van der Waals surface area contributed by atoms with Gasteiger partial charge >= 0.3 is 0 Å². The molecule has 1 aromatic heterocycles. The first-order valence-corrected chi connectivity index (χ1v) is 13.2. The van der Waals surface area contributed by atoms with E-state index in [1.165, 1.54) is 70.6 Å². The fourth-order valence-electron chi connectivity index (χ4n) is 7.27. The molecule has 2 unspecified atom stereocenters. The van der Waals surface area contributed by atoms with Gasteiger partial charge in [-0.15, -0.1) is 0 Å². The number of nitrogens with zero attached hydrogens (tertiary/aromatic N) is 1. The molecule has 2 atom stereocenters. The van der Waals surface area contributed by atoms with Gasteiger partial charge in [0.2, 0.25) is 0 Å². The van der Waals surface area contributed by atoms with Crippen LogP contribution in [0.5, 0.6) is 0 Å². The summed E-state index contributed by atoms with van der Waals surface area (Å²) in [7, 11) is 0. The number of pyridine rings is 1. The van der Waals surface area contributed by atoms with Crippen LogP contribution in [-0.2, 0) is 5.54 Å². The van der Waals surface area contributed by atoms with Gasteiger partial charge in [0, 0.05) is 23.3 Å². The third-order valence-electron chi connectivity index (χ3n) is 9.09. The molecule has 3 heterocycles. The van der Waals surface area contributed by atoms with Gasteiger partial charge in [0.15, 0.2) is 0 Å². The van der Waals surface area contributed by atoms with Crippen LogP contribution in [0.15, 0.2) is 42.6 Å². The molecule has 1 aromatic carbocycles. The van der Waals surface area contributed by atoms with E-state index in [0.29, 0.717) is 28.5 Å². The summed E-state index contributed by atoms with van der Waals surface area (Å²) in [5.41, 5.74) is 9.30. The highest BCUT2D eigenvalue weighted by Gasteiger charge is 2.63. The van der Waals surface area contributed by atoms with E-state index in [-0.39, 0.29) is 17.0 Å². The van der Waals surface area contributed by atoms with Crippen LogP contribution in [0.1, 0.15) is 93.1 Å². The summed E-state index contributed by atoms with van der Waals surface area (Å²) in [6.45, 7) is 0. The molecule has 6 heteroatoms. The maximum Gasteiger partial charge on any atom is 0.257 e. The first-order valence-electron chi connectivity index (χ1n) is 13.2. The van der Waals surface area contributed by atoms with Gasteiger partial charge in [-0.05, 0) is 62.8 Å². The second-order valence-electron chi connectivity index (χ2n) is 11.3. The van der Waals surface area contributed by atoms with Gasteiger partial charge in [-0.3, -0.25) is 15.1 Å². The van der Waals surface area contributed by atoms with Crippen molar-refractivity contribution in [3.63, 3.8) is 0 Å². The zero-order valence-corrected chi connectivity index (χ0v) is 20.0. The van der Waals surface area contributed by atoms with Crippen molar-refractivity contribution >= 4 is 17.3 Å². The Balaban J connectivity index is 1.22. The molecule has 1 amide bonds. The van der Waals surface area contributed by atoms with Crippen LogP contribution in [0, 0.1) is 0 Å². The molecule has 2 saturated carbocycles. The summed E-state index contributed by atoms with van der Waals surface area (Å²) in [5, 5.41) is 11.1. The van der Waals surface area contributed by atoms with Crippen molar-refractivity contribution in [2.45, 2.75) is 99.7 Å². The molecule has 180 valence electrons. The minimum absolute atomic E-state index is 0.126. The number of nitrogen functional groups attached to an aromatic ring is 1. The lowest BCUT2D eigenvalue weighted by Crippen LogP contribution is -2.82. The largest absolute Gasteiger partial charge is 0.397 e. The lowest BCUT2D eigenvalue weighted by Gasteiger charge is -2.67. The Bertz CT molecular complexity index is 1040. The second-order valence-corrected chi connectivity index (χ2v) is 11.3. The minimum atomic E-state index is -0.181. The molecule has 6 nitrogen and oxygen atoms in total. The monoisotopic (exact) mass is 459 g/mol. The van der Waals surface area contributed by atoms with E-state index in [4.69, 9.17) is 10.7 Å². The molecule has 2 spiro atoms. The number of amides is 1. The molecule has 5 N–H and O–H groups in total. The molecule has 0 radical (unpaired) electrons. The van der Waals surface area contributed by atoms with E-state index in [2.05, 4.69) is 22.0 Å².